The molecule has 0 amide bonds. The van der Waals surface area contributed by atoms with E-state index in [0.717, 1.165) is 43.3 Å². The number of hydrogen-bond donors (Lipinski definition) is 1. The largest absolute Gasteiger partial charge is 0.341 e. The van der Waals surface area contributed by atoms with Gasteiger partial charge in [-0.25, -0.2) is 18.4 Å². The summed E-state index contributed by atoms with van der Waals surface area (Å²) in [6.45, 7) is 5.71. The molecule has 0 radical (unpaired) electrons. The highest BCUT2D eigenvalue weighted by atomic mass is 32.2. The standard InChI is InChI=1S/C16H23N5O2S/c1-11-7-12(2)19-16(18-11)21-6-4-5-13(10-21)8-14-15(9-17-20-14)24(3,22)23/h7,9,13H,4-6,8,10H2,1-3H3,(H,17,20)/t13-/m1/s1. The number of aromatic nitrogens is 4. The summed E-state index contributed by atoms with van der Waals surface area (Å²) in [4.78, 5) is 11.6. The Morgan fingerprint density at radius 1 is 1.29 bits per heavy atom. The Hall–Kier alpha value is -1.96. The molecule has 0 bridgehead atoms. The number of anilines is 1. The van der Waals surface area contributed by atoms with Gasteiger partial charge < -0.3 is 4.90 Å². The molecule has 2 aromatic heterocycles. The van der Waals surface area contributed by atoms with Gasteiger partial charge >= 0.3 is 0 Å². The van der Waals surface area contributed by atoms with Crippen LogP contribution in [0.2, 0.25) is 0 Å². The molecule has 0 aliphatic carbocycles. The van der Waals surface area contributed by atoms with Gasteiger partial charge in [-0.15, -0.1) is 0 Å². The second kappa shape index (κ2) is 6.51. The molecule has 1 aliphatic rings. The van der Waals surface area contributed by atoms with Gasteiger partial charge in [0.05, 0.1) is 11.9 Å². The van der Waals surface area contributed by atoms with Crippen molar-refractivity contribution in [3.8, 4) is 0 Å². The van der Waals surface area contributed by atoms with Crippen LogP contribution in [0.4, 0.5) is 5.95 Å². The van der Waals surface area contributed by atoms with Crippen molar-refractivity contribution < 1.29 is 8.42 Å². The van der Waals surface area contributed by atoms with E-state index in [2.05, 4.69) is 25.1 Å². The van der Waals surface area contributed by atoms with Gasteiger partial charge in [-0.3, -0.25) is 5.10 Å². The van der Waals surface area contributed by atoms with E-state index in [4.69, 9.17) is 0 Å². The molecule has 1 aliphatic heterocycles. The highest BCUT2D eigenvalue weighted by Gasteiger charge is 2.25. The van der Waals surface area contributed by atoms with Crippen LogP contribution in [-0.2, 0) is 16.3 Å². The number of nitrogens with one attached hydrogen (secondary N) is 1. The molecular weight excluding hydrogens is 326 g/mol. The van der Waals surface area contributed by atoms with E-state index >= 15 is 0 Å². The molecule has 1 N–H and O–H groups in total. The van der Waals surface area contributed by atoms with E-state index in [1.165, 1.54) is 12.5 Å². The van der Waals surface area contributed by atoms with Gasteiger partial charge in [-0.05, 0) is 45.1 Å². The third-order valence-corrected chi connectivity index (χ3v) is 5.49. The molecule has 0 aromatic carbocycles. The highest BCUT2D eigenvalue weighted by Crippen LogP contribution is 2.25. The van der Waals surface area contributed by atoms with Gasteiger partial charge in [0.15, 0.2) is 9.84 Å². The first-order valence-electron chi connectivity index (χ1n) is 8.12. The van der Waals surface area contributed by atoms with E-state index in [0.29, 0.717) is 22.9 Å². The molecule has 1 saturated heterocycles. The lowest BCUT2D eigenvalue weighted by Crippen LogP contribution is -2.37. The van der Waals surface area contributed by atoms with Crippen LogP contribution in [0.25, 0.3) is 0 Å². The third kappa shape index (κ3) is 3.75. The van der Waals surface area contributed by atoms with E-state index in [-0.39, 0.29) is 0 Å². The van der Waals surface area contributed by atoms with Crippen LogP contribution in [0.1, 0.15) is 29.9 Å². The fraction of sp³-hybridized carbons (Fsp3) is 0.562. The minimum atomic E-state index is -3.25. The van der Waals surface area contributed by atoms with Crippen molar-refractivity contribution in [2.45, 2.75) is 38.0 Å². The first kappa shape index (κ1) is 16.9. The summed E-state index contributed by atoms with van der Waals surface area (Å²) < 4.78 is 23.7. The topological polar surface area (TPSA) is 91.8 Å². The quantitative estimate of drug-likeness (QED) is 0.903. The van der Waals surface area contributed by atoms with E-state index in [1.807, 2.05) is 19.9 Å². The Morgan fingerprint density at radius 2 is 2.00 bits per heavy atom. The van der Waals surface area contributed by atoms with Crippen molar-refractivity contribution in [3.05, 3.63) is 29.3 Å². The van der Waals surface area contributed by atoms with Crippen LogP contribution in [0, 0.1) is 19.8 Å². The number of aryl methyl sites for hydroxylation is 2. The molecule has 1 fully saturated rings. The molecule has 0 saturated carbocycles. The molecule has 3 rings (SSSR count). The van der Waals surface area contributed by atoms with Crippen LogP contribution in [0.15, 0.2) is 17.2 Å². The number of nitrogens with zero attached hydrogens (tertiary/aromatic N) is 4. The number of aromatic amines is 1. The zero-order chi connectivity index (χ0) is 17.3. The van der Waals surface area contributed by atoms with E-state index in [1.54, 1.807) is 0 Å². The molecule has 0 unspecified atom stereocenters. The maximum atomic E-state index is 11.8. The van der Waals surface area contributed by atoms with Crippen LogP contribution >= 0.6 is 0 Å². The van der Waals surface area contributed by atoms with E-state index < -0.39 is 9.84 Å². The molecule has 0 spiro atoms. The lowest BCUT2D eigenvalue weighted by atomic mass is 9.93. The van der Waals surface area contributed by atoms with Crippen LogP contribution in [0.3, 0.4) is 0 Å². The average Bonchev–Trinajstić information content (AvgIpc) is 2.95. The zero-order valence-corrected chi connectivity index (χ0v) is 15.1. The van der Waals surface area contributed by atoms with Crippen LogP contribution in [0.5, 0.6) is 0 Å². The molecule has 1 atom stereocenters. The molecular formula is C16H23N5O2S. The van der Waals surface area contributed by atoms with Crippen molar-refractivity contribution in [1.29, 1.82) is 0 Å². The molecule has 3 heterocycles. The summed E-state index contributed by atoms with van der Waals surface area (Å²) in [6, 6.07) is 1.97. The van der Waals surface area contributed by atoms with Gasteiger partial charge in [0.2, 0.25) is 5.95 Å². The van der Waals surface area contributed by atoms with Crippen LogP contribution < -0.4 is 4.90 Å². The van der Waals surface area contributed by atoms with Crippen molar-refractivity contribution in [3.63, 3.8) is 0 Å². The minimum Gasteiger partial charge on any atom is -0.341 e. The van der Waals surface area contributed by atoms with Crippen molar-refractivity contribution >= 4 is 15.8 Å². The predicted octanol–water partition coefficient (Wildman–Crippen LogP) is 1.68. The lowest BCUT2D eigenvalue weighted by Gasteiger charge is -2.33. The first-order chi connectivity index (χ1) is 11.3. The monoisotopic (exact) mass is 349 g/mol. The fourth-order valence-electron chi connectivity index (χ4n) is 3.32. The molecule has 2 aromatic rings. The smallest absolute Gasteiger partial charge is 0.225 e. The summed E-state index contributed by atoms with van der Waals surface area (Å²) in [5.74, 6) is 1.12. The second-order valence-electron chi connectivity index (χ2n) is 6.59. The number of H-pyrrole nitrogens is 1. The second-order valence-corrected chi connectivity index (χ2v) is 8.58. The predicted molar refractivity (Wildman–Crippen MR) is 91.8 cm³/mol. The maximum absolute atomic E-state index is 11.8. The van der Waals surface area contributed by atoms with Gasteiger partial charge in [0.1, 0.15) is 4.90 Å². The normalized spacial score (nSPS) is 18.8. The number of piperidine rings is 1. The Labute approximate surface area is 142 Å². The van der Waals surface area contributed by atoms with Crippen molar-refractivity contribution in [2.24, 2.45) is 5.92 Å². The summed E-state index contributed by atoms with van der Waals surface area (Å²) in [5, 5.41) is 6.77. The Morgan fingerprint density at radius 3 is 2.67 bits per heavy atom. The fourth-order valence-corrected chi connectivity index (χ4v) is 4.14. The average molecular weight is 349 g/mol. The minimum absolute atomic E-state index is 0.308. The summed E-state index contributed by atoms with van der Waals surface area (Å²) in [6.07, 6.45) is 5.40. The first-order valence-corrected chi connectivity index (χ1v) is 10.0. The van der Waals surface area contributed by atoms with Crippen molar-refractivity contribution in [2.75, 3.05) is 24.2 Å². The lowest BCUT2D eigenvalue weighted by molar-refractivity contribution is 0.403. The van der Waals surface area contributed by atoms with Crippen molar-refractivity contribution in [1.82, 2.24) is 20.2 Å². The Kier molecular flexibility index (Phi) is 4.58. The van der Waals surface area contributed by atoms with Gasteiger partial charge in [0, 0.05) is 30.7 Å². The van der Waals surface area contributed by atoms with Gasteiger partial charge in [-0.2, -0.15) is 5.10 Å². The van der Waals surface area contributed by atoms with E-state index in [9.17, 15) is 8.42 Å². The number of hydrogen-bond acceptors (Lipinski definition) is 6. The highest BCUT2D eigenvalue weighted by molar-refractivity contribution is 7.90. The zero-order valence-electron chi connectivity index (χ0n) is 14.3. The third-order valence-electron chi connectivity index (χ3n) is 4.34. The molecule has 130 valence electrons. The summed E-state index contributed by atoms with van der Waals surface area (Å²) >= 11 is 0. The Balaban J connectivity index is 1.76. The van der Waals surface area contributed by atoms with Gasteiger partial charge in [0.25, 0.3) is 0 Å². The molecule has 7 nitrogen and oxygen atoms in total. The maximum Gasteiger partial charge on any atom is 0.225 e. The van der Waals surface area contributed by atoms with Crippen LogP contribution in [-0.4, -0.2) is 47.9 Å². The molecule has 24 heavy (non-hydrogen) atoms. The SMILES string of the molecule is Cc1cc(C)nc(N2CCC[C@H](Cc3[nH]ncc3S(C)(=O)=O)C2)n1. The molecule has 8 heteroatoms. The number of rotatable bonds is 4. The summed E-state index contributed by atoms with van der Waals surface area (Å²) in [7, 11) is -3.25. The summed E-state index contributed by atoms with van der Waals surface area (Å²) in [5.41, 5.74) is 2.63. The number of sulfone groups is 1. The van der Waals surface area contributed by atoms with Gasteiger partial charge in [-0.1, -0.05) is 0 Å². The Bertz CT molecular complexity index is 810.